The Labute approximate surface area is 172 Å². The molecular weight excluding hydrogens is 380 g/mol. The molecule has 0 atom stereocenters. The number of pyridine rings is 1. The lowest BCUT2D eigenvalue weighted by molar-refractivity contribution is 0.0950. The number of nitrogens with zero attached hydrogens (tertiary/aromatic N) is 2. The third kappa shape index (κ3) is 3.65. The van der Waals surface area contributed by atoms with E-state index in [0.717, 1.165) is 22.3 Å². The van der Waals surface area contributed by atoms with E-state index >= 15 is 0 Å². The summed E-state index contributed by atoms with van der Waals surface area (Å²) in [6.45, 7) is 2.38. The highest BCUT2D eigenvalue weighted by Gasteiger charge is 2.12. The fourth-order valence-corrected chi connectivity index (χ4v) is 3.42. The van der Waals surface area contributed by atoms with Crippen LogP contribution in [0.15, 0.2) is 70.4 Å². The molecule has 7 nitrogen and oxygen atoms in total. The van der Waals surface area contributed by atoms with Crippen molar-refractivity contribution < 1.29 is 4.79 Å². The molecule has 0 saturated heterocycles. The van der Waals surface area contributed by atoms with Crippen molar-refractivity contribution >= 4 is 16.9 Å². The van der Waals surface area contributed by atoms with Gasteiger partial charge < -0.3 is 5.32 Å². The average molecular weight is 400 g/mol. The molecule has 2 aromatic carbocycles. The van der Waals surface area contributed by atoms with Crippen LogP contribution >= 0.6 is 0 Å². The number of nitrogens with one attached hydrogen (secondary N) is 2. The van der Waals surface area contributed by atoms with E-state index in [-0.39, 0.29) is 22.5 Å². The van der Waals surface area contributed by atoms with Crippen LogP contribution in [0.2, 0.25) is 0 Å². The third-order valence-electron chi connectivity index (χ3n) is 5.04. The molecule has 1 amide bonds. The van der Waals surface area contributed by atoms with Crippen molar-refractivity contribution in [3.63, 3.8) is 0 Å². The highest BCUT2D eigenvalue weighted by Crippen LogP contribution is 2.24. The molecule has 30 heavy (non-hydrogen) atoms. The van der Waals surface area contributed by atoms with Crippen molar-refractivity contribution in [2.24, 2.45) is 7.05 Å². The minimum Gasteiger partial charge on any atom is -0.348 e. The van der Waals surface area contributed by atoms with E-state index in [2.05, 4.69) is 27.4 Å². The Morgan fingerprint density at radius 2 is 1.87 bits per heavy atom. The smallest absolute Gasteiger partial charge is 0.329 e. The van der Waals surface area contributed by atoms with Gasteiger partial charge in [-0.1, -0.05) is 48.5 Å². The quantitative estimate of drug-likeness (QED) is 0.550. The summed E-state index contributed by atoms with van der Waals surface area (Å²) in [6, 6.07) is 17.6. The van der Waals surface area contributed by atoms with Crippen LogP contribution in [0.25, 0.3) is 22.2 Å². The van der Waals surface area contributed by atoms with E-state index in [1.807, 2.05) is 43.3 Å². The number of hydrogen-bond donors (Lipinski definition) is 2. The summed E-state index contributed by atoms with van der Waals surface area (Å²) in [6.07, 6.45) is 1.36. The molecule has 0 spiro atoms. The minimum atomic E-state index is -0.567. The summed E-state index contributed by atoms with van der Waals surface area (Å²) < 4.78 is 1.23. The van der Waals surface area contributed by atoms with Crippen LogP contribution in [-0.4, -0.2) is 20.4 Å². The zero-order chi connectivity index (χ0) is 21.3. The van der Waals surface area contributed by atoms with Crippen molar-refractivity contribution in [3.8, 4) is 11.1 Å². The zero-order valence-electron chi connectivity index (χ0n) is 16.6. The normalized spacial score (nSPS) is 10.9. The number of rotatable bonds is 4. The Bertz CT molecular complexity index is 1370. The molecule has 0 radical (unpaired) electrons. The fourth-order valence-electron chi connectivity index (χ4n) is 3.42. The van der Waals surface area contributed by atoms with E-state index in [0.29, 0.717) is 6.54 Å². The van der Waals surface area contributed by atoms with Crippen LogP contribution in [0.5, 0.6) is 0 Å². The third-order valence-corrected chi connectivity index (χ3v) is 5.04. The van der Waals surface area contributed by atoms with Crippen molar-refractivity contribution in [3.05, 3.63) is 98.3 Å². The predicted molar refractivity (Wildman–Crippen MR) is 115 cm³/mol. The number of fused-ring (bicyclic) bond motifs is 1. The molecule has 0 bridgehead atoms. The van der Waals surface area contributed by atoms with Crippen LogP contribution in [-0.2, 0) is 13.6 Å². The van der Waals surface area contributed by atoms with Gasteiger partial charge in [0.15, 0.2) is 0 Å². The Balaban J connectivity index is 1.53. The van der Waals surface area contributed by atoms with Crippen LogP contribution < -0.4 is 16.6 Å². The number of amides is 1. The van der Waals surface area contributed by atoms with Crippen LogP contribution in [0.3, 0.4) is 0 Å². The number of H-pyrrole nitrogens is 1. The van der Waals surface area contributed by atoms with Gasteiger partial charge in [0.2, 0.25) is 0 Å². The number of carbonyl (C=O) groups excluding carboxylic acids is 1. The highest BCUT2D eigenvalue weighted by atomic mass is 16.2. The first kappa shape index (κ1) is 19.3. The number of aryl methyl sites for hydroxylation is 2. The number of aromatic nitrogens is 3. The Hall–Kier alpha value is -4.00. The van der Waals surface area contributed by atoms with Gasteiger partial charge >= 0.3 is 5.69 Å². The topological polar surface area (TPSA) is 96.8 Å². The summed E-state index contributed by atoms with van der Waals surface area (Å²) in [5.41, 5.74) is 3.74. The first-order valence-corrected chi connectivity index (χ1v) is 9.46. The van der Waals surface area contributed by atoms with Crippen molar-refractivity contribution in [1.29, 1.82) is 0 Å². The molecule has 0 saturated carbocycles. The summed E-state index contributed by atoms with van der Waals surface area (Å²) >= 11 is 0. The van der Waals surface area contributed by atoms with Gasteiger partial charge in [0.1, 0.15) is 5.65 Å². The first-order valence-electron chi connectivity index (χ1n) is 9.46. The lowest BCUT2D eigenvalue weighted by Gasteiger charge is -2.10. The molecule has 4 rings (SSSR count). The van der Waals surface area contributed by atoms with Gasteiger partial charge in [0.05, 0.1) is 10.9 Å². The van der Waals surface area contributed by atoms with Gasteiger partial charge in [-0.3, -0.25) is 19.1 Å². The highest BCUT2D eigenvalue weighted by molar-refractivity contribution is 5.96. The van der Waals surface area contributed by atoms with Crippen LogP contribution in [0, 0.1) is 6.92 Å². The largest absolute Gasteiger partial charge is 0.348 e. The van der Waals surface area contributed by atoms with E-state index in [1.165, 1.54) is 23.9 Å². The van der Waals surface area contributed by atoms with Crippen molar-refractivity contribution in [1.82, 2.24) is 19.9 Å². The number of hydrogen-bond acceptors (Lipinski definition) is 4. The molecule has 0 aliphatic rings. The monoisotopic (exact) mass is 400 g/mol. The summed E-state index contributed by atoms with van der Waals surface area (Å²) in [4.78, 5) is 42.6. The van der Waals surface area contributed by atoms with Gasteiger partial charge in [0, 0.05) is 19.8 Å². The molecule has 0 aliphatic carbocycles. The van der Waals surface area contributed by atoms with Crippen molar-refractivity contribution in [2.75, 3.05) is 0 Å². The second kappa shape index (κ2) is 7.79. The predicted octanol–water partition coefficient (Wildman–Crippen LogP) is 2.53. The molecule has 2 aromatic heterocycles. The summed E-state index contributed by atoms with van der Waals surface area (Å²) in [5, 5.41) is 3.04. The minimum absolute atomic E-state index is 0.188. The molecule has 0 aliphatic heterocycles. The zero-order valence-corrected chi connectivity index (χ0v) is 16.6. The van der Waals surface area contributed by atoms with Gasteiger partial charge in [-0.05, 0) is 35.2 Å². The Morgan fingerprint density at radius 1 is 1.10 bits per heavy atom. The molecule has 150 valence electrons. The molecule has 2 N–H and O–H groups in total. The molecule has 0 unspecified atom stereocenters. The summed E-state index contributed by atoms with van der Waals surface area (Å²) in [5.74, 6) is -0.345. The lowest BCUT2D eigenvalue weighted by Crippen LogP contribution is -2.29. The Kier molecular flexibility index (Phi) is 5.02. The SMILES string of the molecule is Cc1cc(CNC(=O)c2cnc3c(c2)c(=O)[nH]c(=O)n3C)ccc1-c1ccccc1. The summed E-state index contributed by atoms with van der Waals surface area (Å²) in [7, 11) is 1.51. The number of carbonyl (C=O) groups is 1. The molecule has 0 fully saturated rings. The van der Waals surface area contributed by atoms with Crippen LogP contribution in [0.1, 0.15) is 21.5 Å². The molecular formula is C23H20N4O3. The lowest BCUT2D eigenvalue weighted by atomic mass is 9.98. The number of benzene rings is 2. The molecule has 7 heteroatoms. The van der Waals surface area contributed by atoms with Gasteiger partial charge in [-0.15, -0.1) is 0 Å². The van der Waals surface area contributed by atoms with Crippen molar-refractivity contribution in [2.45, 2.75) is 13.5 Å². The standard InChI is InChI=1S/C23H20N4O3/c1-14-10-15(8-9-18(14)16-6-4-3-5-7-16)12-25-21(28)17-11-19-20(24-13-17)27(2)23(30)26-22(19)29/h3-11,13H,12H2,1-2H3,(H,25,28)(H,26,29,30). The maximum atomic E-state index is 12.6. The second-order valence-electron chi connectivity index (χ2n) is 7.11. The van der Waals surface area contributed by atoms with Gasteiger partial charge in [-0.2, -0.15) is 0 Å². The van der Waals surface area contributed by atoms with Gasteiger partial charge in [0.25, 0.3) is 11.5 Å². The molecule has 2 heterocycles. The number of aromatic amines is 1. The maximum Gasteiger partial charge on any atom is 0.329 e. The fraction of sp³-hybridized carbons (Fsp3) is 0.130. The van der Waals surface area contributed by atoms with E-state index < -0.39 is 11.2 Å². The first-order chi connectivity index (χ1) is 14.4. The second-order valence-corrected chi connectivity index (χ2v) is 7.11. The Morgan fingerprint density at radius 3 is 2.60 bits per heavy atom. The van der Waals surface area contributed by atoms with Gasteiger partial charge in [-0.25, -0.2) is 9.78 Å². The average Bonchev–Trinajstić information content (AvgIpc) is 2.76. The maximum absolute atomic E-state index is 12.6. The molecule has 4 aromatic rings. The van der Waals surface area contributed by atoms with E-state index in [4.69, 9.17) is 0 Å². The van der Waals surface area contributed by atoms with Crippen LogP contribution in [0.4, 0.5) is 0 Å². The van der Waals surface area contributed by atoms with E-state index in [9.17, 15) is 14.4 Å². The van der Waals surface area contributed by atoms with E-state index in [1.54, 1.807) is 0 Å².